The Hall–Kier alpha value is -2.61. The van der Waals surface area contributed by atoms with Gasteiger partial charge in [-0.3, -0.25) is 4.99 Å². The molecule has 0 radical (unpaired) electrons. The van der Waals surface area contributed by atoms with Crippen LogP contribution in [0.3, 0.4) is 0 Å². The minimum atomic E-state index is -0.651. The van der Waals surface area contributed by atoms with Crippen molar-refractivity contribution in [3.8, 4) is 5.00 Å². The van der Waals surface area contributed by atoms with Crippen LogP contribution in [0.1, 0.15) is 46.7 Å². The fraction of sp³-hybridized carbons (Fsp3) is 0.316. The van der Waals surface area contributed by atoms with Gasteiger partial charge in [0.05, 0.1) is 11.3 Å². The van der Waals surface area contributed by atoms with Crippen molar-refractivity contribution in [1.82, 2.24) is 14.8 Å². The van der Waals surface area contributed by atoms with E-state index in [0.717, 1.165) is 37.7 Å². The molecule has 5 rings (SSSR count). The van der Waals surface area contributed by atoms with Crippen LogP contribution in [-0.2, 0) is 19.4 Å². The van der Waals surface area contributed by atoms with E-state index in [1.807, 2.05) is 0 Å². The van der Waals surface area contributed by atoms with Gasteiger partial charge in [0, 0.05) is 10.4 Å². The van der Waals surface area contributed by atoms with E-state index in [1.165, 1.54) is 39.0 Å². The third-order valence-corrected chi connectivity index (χ3v) is 6.44. The molecule has 1 aliphatic carbocycles. The average molecular weight is 386 g/mol. The molecule has 3 heterocycles. The van der Waals surface area contributed by atoms with Gasteiger partial charge in [-0.15, -0.1) is 11.3 Å². The summed E-state index contributed by atoms with van der Waals surface area (Å²) in [5, 5.41) is 7.18. The molecule has 0 bridgehead atoms. The number of H-pyrrole nitrogens is 1. The third-order valence-electron chi connectivity index (χ3n) is 5.16. The van der Waals surface area contributed by atoms with Gasteiger partial charge in [-0.05, 0) is 43.4 Å². The van der Waals surface area contributed by atoms with E-state index in [2.05, 4.69) is 15.2 Å². The summed E-state index contributed by atoms with van der Waals surface area (Å²) in [7, 11) is 0. The monoisotopic (exact) mass is 386 g/mol. The molecule has 3 aromatic rings. The van der Waals surface area contributed by atoms with Gasteiger partial charge in [0.25, 0.3) is 0 Å². The van der Waals surface area contributed by atoms with E-state index in [-0.39, 0.29) is 23.5 Å². The van der Waals surface area contributed by atoms with Gasteiger partial charge in [-0.2, -0.15) is 5.10 Å². The number of rotatable bonds is 1. The summed E-state index contributed by atoms with van der Waals surface area (Å²) in [6.45, 7) is 0.0814. The van der Waals surface area contributed by atoms with Gasteiger partial charge in [0.2, 0.25) is 0 Å². The van der Waals surface area contributed by atoms with E-state index in [4.69, 9.17) is 0 Å². The fourth-order valence-electron chi connectivity index (χ4n) is 3.93. The maximum Gasteiger partial charge on any atom is 0.348 e. The lowest BCUT2D eigenvalue weighted by Crippen LogP contribution is -2.18. The standard InChI is InChI=1S/C19H16F2N4OS/c20-11-6-4-7-12(21)16(11)17-15-10-5-2-1-3-8-13(10)27-18(15)25-14(9-22-17)23-24-19(25)26/h4,6-7H,1-3,5,8-9H2,(H,24,26). The zero-order valence-electron chi connectivity index (χ0n) is 14.4. The van der Waals surface area contributed by atoms with Crippen molar-refractivity contribution in [3.63, 3.8) is 0 Å². The van der Waals surface area contributed by atoms with E-state index in [9.17, 15) is 13.6 Å². The Morgan fingerprint density at radius 1 is 1.07 bits per heavy atom. The topological polar surface area (TPSA) is 63.0 Å². The van der Waals surface area contributed by atoms with Crippen molar-refractivity contribution in [3.05, 3.63) is 67.7 Å². The maximum absolute atomic E-state index is 14.6. The van der Waals surface area contributed by atoms with Crippen molar-refractivity contribution in [2.24, 2.45) is 4.99 Å². The molecule has 2 aliphatic rings. The first-order chi connectivity index (χ1) is 13.1. The first-order valence-electron chi connectivity index (χ1n) is 8.95. The molecule has 5 nitrogen and oxygen atoms in total. The highest BCUT2D eigenvalue weighted by Crippen LogP contribution is 2.39. The molecular formula is C19H16F2N4OS. The molecular weight excluding hydrogens is 370 g/mol. The van der Waals surface area contributed by atoms with Crippen molar-refractivity contribution >= 4 is 17.0 Å². The number of hydrogen-bond acceptors (Lipinski definition) is 4. The van der Waals surface area contributed by atoms with Crippen molar-refractivity contribution < 1.29 is 8.78 Å². The van der Waals surface area contributed by atoms with Crippen LogP contribution < -0.4 is 5.69 Å². The Bertz CT molecular complexity index is 1120. The van der Waals surface area contributed by atoms with Crippen LogP contribution in [0.2, 0.25) is 0 Å². The number of nitrogens with zero attached hydrogens (tertiary/aromatic N) is 3. The lowest BCUT2D eigenvalue weighted by molar-refractivity contribution is 0.579. The number of hydrogen-bond donors (Lipinski definition) is 1. The second-order valence-electron chi connectivity index (χ2n) is 6.79. The Kier molecular flexibility index (Phi) is 3.82. The highest BCUT2D eigenvalue weighted by atomic mass is 32.1. The van der Waals surface area contributed by atoms with Gasteiger partial charge >= 0.3 is 5.69 Å². The lowest BCUT2D eigenvalue weighted by Gasteiger charge is -2.11. The largest absolute Gasteiger partial charge is 0.348 e. The Balaban J connectivity index is 1.85. The van der Waals surface area contributed by atoms with E-state index in [0.29, 0.717) is 16.4 Å². The molecule has 1 aromatic carbocycles. The number of thiophene rings is 1. The molecule has 1 N–H and O–H groups in total. The third kappa shape index (κ3) is 2.50. The molecule has 0 atom stereocenters. The van der Waals surface area contributed by atoms with Crippen LogP contribution in [0.5, 0.6) is 0 Å². The number of fused-ring (bicyclic) bond motifs is 5. The quantitative estimate of drug-likeness (QED) is 0.651. The van der Waals surface area contributed by atoms with Crippen LogP contribution in [0, 0.1) is 11.6 Å². The first-order valence-corrected chi connectivity index (χ1v) is 9.77. The summed E-state index contributed by atoms with van der Waals surface area (Å²) in [4.78, 5) is 18.1. The van der Waals surface area contributed by atoms with Crippen molar-refractivity contribution in [1.29, 1.82) is 0 Å². The molecule has 0 saturated carbocycles. The van der Waals surface area contributed by atoms with Crippen molar-refractivity contribution in [2.45, 2.75) is 38.6 Å². The molecule has 2 aromatic heterocycles. The van der Waals surface area contributed by atoms with Crippen LogP contribution in [-0.4, -0.2) is 20.5 Å². The SMILES string of the molecule is O=c1[nH]nc2n1-c1sc3c(c1C(c1c(F)cccc1F)=NC2)CCCCC3. The summed E-state index contributed by atoms with van der Waals surface area (Å²) in [5.41, 5.74) is 1.54. The minimum Gasteiger partial charge on any atom is -0.276 e. The summed E-state index contributed by atoms with van der Waals surface area (Å²) in [5.74, 6) is -0.854. The smallest absolute Gasteiger partial charge is 0.276 e. The number of aromatic nitrogens is 3. The van der Waals surface area contributed by atoms with E-state index in [1.54, 1.807) is 0 Å². The van der Waals surface area contributed by atoms with E-state index < -0.39 is 11.6 Å². The summed E-state index contributed by atoms with van der Waals surface area (Å²) < 4.78 is 30.7. The highest BCUT2D eigenvalue weighted by Gasteiger charge is 2.31. The van der Waals surface area contributed by atoms with Crippen LogP contribution in [0.25, 0.3) is 5.00 Å². The molecule has 0 saturated heterocycles. The average Bonchev–Trinajstić information content (AvgIpc) is 3.02. The predicted molar refractivity (Wildman–Crippen MR) is 99.0 cm³/mol. The van der Waals surface area contributed by atoms with Gasteiger partial charge < -0.3 is 0 Å². The molecule has 0 spiro atoms. The van der Waals surface area contributed by atoms with E-state index >= 15 is 0 Å². The lowest BCUT2D eigenvalue weighted by atomic mass is 9.96. The minimum absolute atomic E-state index is 0.0814. The molecule has 8 heteroatoms. The van der Waals surface area contributed by atoms with Gasteiger partial charge in [-0.1, -0.05) is 12.5 Å². The number of aliphatic imine (C=N–C) groups is 1. The van der Waals surface area contributed by atoms with Gasteiger partial charge in [0.1, 0.15) is 23.2 Å². The number of aryl methyl sites for hydroxylation is 1. The molecule has 0 unspecified atom stereocenters. The molecule has 0 fully saturated rings. The van der Waals surface area contributed by atoms with Gasteiger partial charge in [-0.25, -0.2) is 23.2 Å². The summed E-state index contributed by atoms with van der Waals surface area (Å²) >= 11 is 1.51. The normalized spacial score (nSPS) is 16.0. The van der Waals surface area contributed by atoms with Crippen LogP contribution >= 0.6 is 11.3 Å². The predicted octanol–water partition coefficient (Wildman–Crippen LogP) is 3.52. The Morgan fingerprint density at radius 2 is 1.85 bits per heavy atom. The summed E-state index contributed by atoms with van der Waals surface area (Å²) in [6.07, 6.45) is 4.92. The molecule has 138 valence electrons. The Labute approximate surface area is 157 Å². The van der Waals surface area contributed by atoms with Crippen molar-refractivity contribution in [2.75, 3.05) is 0 Å². The maximum atomic E-state index is 14.6. The second kappa shape index (κ2) is 6.23. The number of benzene rings is 1. The molecule has 1 aliphatic heterocycles. The Morgan fingerprint density at radius 3 is 2.67 bits per heavy atom. The number of aromatic amines is 1. The first kappa shape index (κ1) is 16.6. The highest BCUT2D eigenvalue weighted by molar-refractivity contribution is 7.15. The fourth-order valence-corrected chi connectivity index (χ4v) is 5.34. The molecule has 27 heavy (non-hydrogen) atoms. The van der Waals surface area contributed by atoms with Crippen LogP contribution in [0.4, 0.5) is 8.78 Å². The second-order valence-corrected chi connectivity index (χ2v) is 7.87. The number of halogens is 2. The zero-order chi connectivity index (χ0) is 18.5. The summed E-state index contributed by atoms with van der Waals surface area (Å²) in [6, 6.07) is 3.82. The number of nitrogens with one attached hydrogen (secondary N) is 1. The van der Waals surface area contributed by atoms with Gasteiger partial charge in [0.15, 0.2) is 5.82 Å². The van der Waals surface area contributed by atoms with Crippen LogP contribution in [0.15, 0.2) is 28.0 Å². The molecule has 0 amide bonds. The zero-order valence-corrected chi connectivity index (χ0v) is 15.2.